The summed E-state index contributed by atoms with van der Waals surface area (Å²) in [6.07, 6.45) is -4.41. The molecule has 0 unspecified atom stereocenters. The fourth-order valence-corrected chi connectivity index (χ4v) is 2.60. The van der Waals surface area contributed by atoms with Crippen LogP contribution in [0.3, 0.4) is 0 Å². The molecule has 2 rings (SSSR count). The molecule has 0 aliphatic carbocycles. The number of hydrogen-bond donors (Lipinski definition) is 1. The number of methoxy groups -OCH3 is 2. The molecule has 2 aromatic carbocycles. The smallest absolute Gasteiger partial charge is 0.416 e. The minimum absolute atomic E-state index is 0.168. The molecule has 0 aliphatic rings. The van der Waals surface area contributed by atoms with Crippen LogP contribution in [0.25, 0.3) is 0 Å². The number of alkyl halides is 3. The molecule has 0 fully saturated rings. The van der Waals surface area contributed by atoms with Gasteiger partial charge in [-0.25, -0.2) is 0 Å². The molecule has 27 heavy (non-hydrogen) atoms. The van der Waals surface area contributed by atoms with Gasteiger partial charge >= 0.3 is 6.18 Å². The highest BCUT2D eigenvalue weighted by atomic mass is 19.4. The first kappa shape index (κ1) is 20.6. The molecule has 0 radical (unpaired) electrons. The SMILES string of the molecule is COc1ccc(C(=O)NCC(C)(C)c2cccc(C(F)(F)F)c2)cc1OC. The van der Waals surface area contributed by atoms with Gasteiger partial charge in [0.2, 0.25) is 0 Å². The number of carbonyl (C=O) groups is 1. The summed E-state index contributed by atoms with van der Waals surface area (Å²) in [6, 6.07) is 9.89. The molecule has 0 heterocycles. The maximum atomic E-state index is 12.9. The van der Waals surface area contributed by atoms with E-state index in [-0.39, 0.29) is 12.5 Å². The monoisotopic (exact) mass is 381 g/mol. The van der Waals surface area contributed by atoms with Crippen LogP contribution in [0.2, 0.25) is 0 Å². The lowest BCUT2D eigenvalue weighted by Gasteiger charge is -2.26. The average molecular weight is 381 g/mol. The lowest BCUT2D eigenvalue weighted by molar-refractivity contribution is -0.137. The summed E-state index contributed by atoms with van der Waals surface area (Å²) >= 11 is 0. The van der Waals surface area contributed by atoms with E-state index in [0.717, 1.165) is 12.1 Å². The Balaban J connectivity index is 2.14. The molecule has 0 bridgehead atoms. The summed E-state index contributed by atoms with van der Waals surface area (Å²) in [5.41, 5.74) is -0.537. The van der Waals surface area contributed by atoms with E-state index < -0.39 is 17.2 Å². The zero-order chi connectivity index (χ0) is 20.2. The Kier molecular flexibility index (Phi) is 6.03. The van der Waals surface area contributed by atoms with E-state index in [2.05, 4.69) is 5.32 Å². The molecule has 0 spiro atoms. The van der Waals surface area contributed by atoms with Crippen molar-refractivity contribution >= 4 is 5.91 Å². The third-order valence-corrected chi connectivity index (χ3v) is 4.31. The van der Waals surface area contributed by atoms with Crippen LogP contribution in [-0.4, -0.2) is 26.7 Å². The van der Waals surface area contributed by atoms with Crippen molar-refractivity contribution in [3.63, 3.8) is 0 Å². The van der Waals surface area contributed by atoms with Gasteiger partial charge in [-0.1, -0.05) is 32.0 Å². The number of amides is 1. The first-order valence-corrected chi connectivity index (χ1v) is 8.26. The van der Waals surface area contributed by atoms with Crippen LogP contribution in [0.15, 0.2) is 42.5 Å². The van der Waals surface area contributed by atoms with E-state index in [4.69, 9.17) is 9.47 Å². The molecule has 2 aromatic rings. The van der Waals surface area contributed by atoms with Gasteiger partial charge in [0.25, 0.3) is 5.91 Å². The number of nitrogens with one attached hydrogen (secondary N) is 1. The van der Waals surface area contributed by atoms with Crippen LogP contribution in [0, 0.1) is 0 Å². The summed E-state index contributed by atoms with van der Waals surface area (Å²) < 4.78 is 49.1. The topological polar surface area (TPSA) is 47.6 Å². The fraction of sp³-hybridized carbons (Fsp3) is 0.350. The highest BCUT2D eigenvalue weighted by Crippen LogP contribution is 2.33. The van der Waals surface area contributed by atoms with Gasteiger partial charge in [0.05, 0.1) is 19.8 Å². The van der Waals surface area contributed by atoms with E-state index in [1.165, 1.54) is 20.3 Å². The zero-order valence-electron chi connectivity index (χ0n) is 15.6. The quantitative estimate of drug-likeness (QED) is 0.805. The van der Waals surface area contributed by atoms with E-state index in [9.17, 15) is 18.0 Å². The number of ether oxygens (including phenoxy) is 2. The molecule has 0 aromatic heterocycles. The number of hydrogen-bond acceptors (Lipinski definition) is 3. The predicted molar refractivity (Wildman–Crippen MR) is 96.3 cm³/mol. The number of rotatable bonds is 6. The second kappa shape index (κ2) is 7.90. The van der Waals surface area contributed by atoms with Crippen LogP contribution in [0.4, 0.5) is 13.2 Å². The fourth-order valence-electron chi connectivity index (χ4n) is 2.60. The third kappa shape index (κ3) is 4.93. The van der Waals surface area contributed by atoms with Gasteiger partial charge < -0.3 is 14.8 Å². The highest BCUT2D eigenvalue weighted by molar-refractivity contribution is 5.95. The minimum Gasteiger partial charge on any atom is -0.493 e. The first-order chi connectivity index (χ1) is 12.6. The van der Waals surface area contributed by atoms with Crippen LogP contribution in [0.5, 0.6) is 11.5 Å². The van der Waals surface area contributed by atoms with E-state index in [1.54, 1.807) is 38.1 Å². The summed E-state index contributed by atoms with van der Waals surface area (Å²) in [5, 5.41) is 2.77. The second-order valence-corrected chi connectivity index (χ2v) is 6.71. The van der Waals surface area contributed by atoms with Crippen LogP contribution in [-0.2, 0) is 11.6 Å². The van der Waals surface area contributed by atoms with Crippen molar-refractivity contribution in [3.8, 4) is 11.5 Å². The Labute approximate surface area is 156 Å². The molecular weight excluding hydrogens is 359 g/mol. The Hall–Kier alpha value is -2.70. The van der Waals surface area contributed by atoms with Gasteiger partial charge in [-0.15, -0.1) is 0 Å². The van der Waals surface area contributed by atoms with Gasteiger partial charge in [-0.2, -0.15) is 13.2 Å². The molecule has 0 saturated carbocycles. The lowest BCUT2D eigenvalue weighted by Crippen LogP contribution is -2.36. The highest BCUT2D eigenvalue weighted by Gasteiger charge is 2.32. The maximum Gasteiger partial charge on any atom is 0.416 e. The van der Waals surface area contributed by atoms with Crippen molar-refractivity contribution in [2.24, 2.45) is 0 Å². The van der Waals surface area contributed by atoms with E-state index in [1.807, 2.05) is 0 Å². The molecule has 1 N–H and O–H groups in total. The van der Waals surface area contributed by atoms with Crippen LogP contribution in [0.1, 0.15) is 35.3 Å². The van der Waals surface area contributed by atoms with Gasteiger partial charge in [-0.3, -0.25) is 4.79 Å². The van der Waals surface area contributed by atoms with Crippen molar-refractivity contribution in [2.75, 3.05) is 20.8 Å². The van der Waals surface area contributed by atoms with Crippen LogP contribution >= 0.6 is 0 Å². The second-order valence-electron chi connectivity index (χ2n) is 6.71. The summed E-state index contributed by atoms with van der Waals surface area (Å²) in [6.45, 7) is 3.72. The first-order valence-electron chi connectivity index (χ1n) is 8.26. The molecule has 7 heteroatoms. The number of carbonyl (C=O) groups excluding carboxylic acids is 1. The molecule has 4 nitrogen and oxygen atoms in total. The molecule has 1 amide bonds. The van der Waals surface area contributed by atoms with Crippen molar-refractivity contribution in [1.29, 1.82) is 0 Å². The third-order valence-electron chi connectivity index (χ3n) is 4.31. The standard InChI is InChI=1S/C20H22F3NO3/c1-19(2,14-6-5-7-15(11-14)20(21,22)23)12-24-18(25)13-8-9-16(26-3)17(10-13)27-4/h5-11H,12H2,1-4H3,(H,24,25). The zero-order valence-corrected chi connectivity index (χ0v) is 15.6. The van der Waals surface area contributed by atoms with Crippen molar-refractivity contribution in [2.45, 2.75) is 25.4 Å². The van der Waals surface area contributed by atoms with E-state index in [0.29, 0.717) is 22.6 Å². The molecule has 146 valence electrons. The normalized spacial score (nSPS) is 11.8. The summed E-state index contributed by atoms with van der Waals surface area (Å²) in [4.78, 5) is 12.4. The van der Waals surface area contributed by atoms with Crippen molar-refractivity contribution < 1.29 is 27.4 Å². The minimum atomic E-state index is -4.41. The van der Waals surface area contributed by atoms with Gasteiger partial charge in [0.15, 0.2) is 11.5 Å². The number of halogens is 3. The Bertz CT molecular complexity index is 816. The predicted octanol–water partition coefficient (Wildman–Crippen LogP) is 4.43. The maximum absolute atomic E-state index is 12.9. The van der Waals surface area contributed by atoms with Crippen molar-refractivity contribution in [3.05, 3.63) is 59.2 Å². The average Bonchev–Trinajstić information content (AvgIpc) is 2.65. The Morgan fingerprint density at radius 2 is 1.59 bits per heavy atom. The largest absolute Gasteiger partial charge is 0.493 e. The Morgan fingerprint density at radius 1 is 0.963 bits per heavy atom. The summed E-state index contributed by atoms with van der Waals surface area (Å²) in [5.74, 6) is 0.566. The van der Waals surface area contributed by atoms with Gasteiger partial charge in [0, 0.05) is 17.5 Å². The van der Waals surface area contributed by atoms with Gasteiger partial charge in [-0.05, 0) is 29.8 Å². The number of benzene rings is 2. The van der Waals surface area contributed by atoms with E-state index >= 15 is 0 Å². The molecule has 0 atom stereocenters. The molecule has 0 saturated heterocycles. The lowest BCUT2D eigenvalue weighted by atomic mass is 9.83. The van der Waals surface area contributed by atoms with Crippen molar-refractivity contribution in [1.82, 2.24) is 5.32 Å². The van der Waals surface area contributed by atoms with Gasteiger partial charge in [0.1, 0.15) is 0 Å². The molecule has 0 aliphatic heterocycles. The Morgan fingerprint density at radius 3 is 2.19 bits per heavy atom. The molecular formula is C20H22F3NO3. The summed E-state index contributed by atoms with van der Waals surface area (Å²) in [7, 11) is 2.96. The van der Waals surface area contributed by atoms with Crippen LogP contribution < -0.4 is 14.8 Å².